The van der Waals surface area contributed by atoms with Crippen molar-refractivity contribution in [3.63, 3.8) is 0 Å². The van der Waals surface area contributed by atoms with E-state index in [0.29, 0.717) is 30.3 Å². The summed E-state index contributed by atoms with van der Waals surface area (Å²) in [6.07, 6.45) is -3.82. The number of nitrogens with one attached hydrogen (secondary N) is 3. The number of hydrogen-bond donors (Lipinski definition) is 3. The molecule has 0 amide bonds. The third kappa shape index (κ3) is 5.11. The summed E-state index contributed by atoms with van der Waals surface area (Å²) < 4.78 is 38.1. The second kappa shape index (κ2) is 8.45. The van der Waals surface area contributed by atoms with Crippen LogP contribution in [-0.4, -0.2) is 35.3 Å². The largest absolute Gasteiger partial charge is 0.416 e. The Morgan fingerprint density at radius 3 is 2.43 bits per heavy atom. The second-order valence-corrected chi connectivity index (χ2v) is 6.69. The number of aromatic nitrogens is 2. The van der Waals surface area contributed by atoms with Gasteiger partial charge in [-0.15, -0.1) is 0 Å². The Bertz CT molecular complexity index is 890. The van der Waals surface area contributed by atoms with Crippen molar-refractivity contribution in [3.05, 3.63) is 51.6 Å². The molecule has 2 aromatic rings. The summed E-state index contributed by atoms with van der Waals surface area (Å²) in [5.41, 5.74) is -0.145. The smallest absolute Gasteiger partial charge is 0.373 e. The highest BCUT2D eigenvalue weighted by Gasteiger charge is 2.30. The van der Waals surface area contributed by atoms with Crippen LogP contribution in [-0.2, 0) is 12.6 Å². The Morgan fingerprint density at radius 1 is 1.32 bits per heavy atom. The van der Waals surface area contributed by atoms with Gasteiger partial charge in [0.05, 0.1) is 5.56 Å². The molecule has 1 atom stereocenters. The first kappa shape index (κ1) is 21.5. The highest BCUT2D eigenvalue weighted by molar-refractivity contribution is 6.00. The minimum Gasteiger partial charge on any atom is -0.373 e. The highest BCUT2D eigenvalue weighted by atomic mass is 19.4. The lowest BCUT2D eigenvalue weighted by Gasteiger charge is -2.25. The summed E-state index contributed by atoms with van der Waals surface area (Å²) in [5, 5.41) is 11.0. The Labute approximate surface area is 161 Å². The normalized spacial score (nSPS) is 12.5. The molecule has 0 bridgehead atoms. The van der Waals surface area contributed by atoms with Crippen LogP contribution in [0.5, 0.6) is 0 Å². The number of hydrogen-bond acceptors (Lipinski definition) is 5. The molecule has 0 saturated heterocycles. The number of H-pyrrole nitrogens is 1. The minimum absolute atomic E-state index is 0.0993. The van der Waals surface area contributed by atoms with Gasteiger partial charge in [-0.3, -0.25) is 4.79 Å². The summed E-state index contributed by atoms with van der Waals surface area (Å²) in [7, 11) is 1.77. The van der Waals surface area contributed by atoms with Crippen molar-refractivity contribution in [3.8, 4) is 0 Å². The van der Waals surface area contributed by atoms with Crippen LogP contribution < -0.4 is 15.8 Å². The van der Waals surface area contributed by atoms with Crippen molar-refractivity contribution in [1.29, 1.82) is 5.41 Å². The lowest BCUT2D eigenvalue weighted by molar-refractivity contribution is -0.137. The van der Waals surface area contributed by atoms with E-state index in [0.717, 1.165) is 12.1 Å². The third-order valence-electron chi connectivity index (χ3n) is 4.24. The van der Waals surface area contributed by atoms with Crippen molar-refractivity contribution < 1.29 is 13.2 Å². The van der Waals surface area contributed by atoms with E-state index in [2.05, 4.69) is 15.3 Å². The van der Waals surface area contributed by atoms with Crippen molar-refractivity contribution in [2.45, 2.75) is 39.4 Å². The first-order valence-electron chi connectivity index (χ1n) is 8.86. The second-order valence-electron chi connectivity index (χ2n) is 6.69. The number of benzene rings is 1. The molecule has 0 aliphatic carbocycles. The molecule has 1 aromatic carbocycles. The van der Waals surface area contributed by atoms with E-state index in [-0.39, 0.29) is 22.9 Å². The first-order chi connectivity index (χ1) is 13.0. The quantitative estimate of drug-likeness (QED) is 0.625. The molecule has 1 heterocycles. The molecule has 6 nitrogen and oxygen atoms in total. The van der Waals surface area contributed by atoms with Gasteiger partial charge in [-0.2, -0.15) is 13.2 Å². The number of halogens is 3. The molecule has 0 fully saturated rings. The molecule has 0 aliphatic rings. The Morgan fingerprint density at radius 2 is 1.93 bits per heavy atom. The van der Waals surface area contributed by atoms with Gasteiger partial charge in [-0.05, 0) is 38.1 Å². The number of aryl methyl sites for hydroxylation is 1. The van der Waals surface area contributed by atoms with E-state index in [1.54, 1.807) is 7.05 Å². The van der Waals surface area contributed by atoms with Crippen LogP contribution in [0.1, 0.15) is 37.7 Å². The maximum atomic E-state index is 12.7. The van der Waals surface area contributed by atoms with Gasteiger partial charge in [0, 0.05) is 37.5 Å². The molecular weight excluding hydrogens is 371 g/mol. The molecule has 3 N–H and O–H groups in total. The number of likely N-dealkylation sites (N-methyl/N-ethyl adjacent to an activating group) is 1. The SMILES string of the molecule is CCc1nc(NC(C)CN(C)c2ccc(C(F)(F)F)cc2)c(C(C)=N)c(=O)[nH]1. The van der Waals surface area contributed by atoms with Gasteiger partial charge in [0.15, 0.2) is 0 Å². The number of nitrogens with zero attached hydrogens (tertiary/aromatic N) is 2. The zero-order valence-electron chi connectivity index (χ0n) is 16.2. The molecule has 1 unspecified atom stereocenters. The van der Waals surface area contributed by atoms with Gasteiger partial charge in [0.1, 0.15) is 17.2 Å². The van der Waals surface area contributed by atoms with E-state index in [4.69, 9.17) is 5.41 Å². The van der Waals surface area contributed by atoms with Crippen molar-refractivity contribution in [2.75, 3.05) is 23.8 Å². The zero-order chi connectivity index (χ0) is 21.1. The molecule has 28 heavy (non-hydrogen) atoms. The van der Waals surface area contributed by atoms with Gasteiger partial charge >= 0.3 is 6.18 Å². The average Bonchev–Trinajstić information content (AvgIpc) is 2.60. The Hall–Kier alpha value is -2.84. The van der Waals surface area contributed by atoms with Crippen LogP contribution >= 0.6 is 0 Å². The number of anilines is 2. The highest BCUT2D eigenvalue weighted by Crippen LogP contribution is 2.30. The number of alkyl halides is 3. The molecule has 0 radical (unpaired) electrons. The molecule has 9 heteroatoms. The van der Waals surface area contributed by atoms with Crippen LogP contribution in [0.4, 0.5) is 24.7 Å². The van der Waals surface area contributed by atoms with Gasteiger partial charge in [-0.25, -0.2) is 4.98 Å². The fourth-order valence-electron chi connectivity index (χ4n) is 2.84. The van der Waals surface area contributed by atoms with Gasteiger partial charge in [-0.1, -0.05) is 6.92 Å². The fraction of sp³-hybridized carbons (Fsp3) is 0.421. The molecule has 2 rings (SSSR count). The van der Waals surface area contributed by atoms with Crippen LogP contribution in [0.15, 0.2) is 29.1 Å². The monoisotopic (exact) mass is 395 g/mol. The maximum absolute atomic E-state index is 12.7. The fourth-order valence-corrected chi connectivity index (χ4v) is 2.84. The van der Waals surface area contributed by atoms with Crippen LogP contribution in [0, 0.1) is 5.41 Å². The Kier molecular flexibility index (Phi) is 6.48. The van der Waals surface area contributed by atoms with Crippen LogP contribution in [0.25, 0.3) is 0 Å². The summed E-state index contributed by atoms with van der Waals surface area (Å²) in [6, 6.07) is 4.76. The molecular formula is C19H24F3N5O. The van der Waals surface area contributed by atoms with Crippen molar-refractivity contribution in [2.24, 2.45) is 0 Å². The van der Waals surface area contributed by atoms with Crippen LogP contribution in [0.3, 0.4) is 0 Å². The topological polar surface area (TPSA) is 84.9 Å². The van der Waals surface area contributed by atoms with E-state index in [1.165, 1.54) is 19.1 Å². The van der Waals surface area contributed by atoms with Gasteiger partial charge in [0.2, 0.25) is 0 Å². The summed E-state index contributed by atoms with van der Waals surface area (Å²) in [6.45, 7) is 5.71. The summed E-state index contributed by atoms with van der Waals surface area (Å²) >= 11 is 0. The predicted molar refractivity (Wildman–Crippen MR) is 105 cm³/mol. The standard InChI is InChI=1S/C19H24F3N5O/c1-5-15-25-17(16(12(3)23)18(28)26-15)24-11(2)10-27(4)14-8-6-13(7-9-14)19(20,21)22/h6-9,11,23H,5,10H2,1-4H3,(H2,24,25,26,28). The Balaban J connectivity index is 2.15. The molecule has 0 saturated carbocycles. The molecule has 0 aliphatic heterocycles. The van der Waals surface area contributed by atoms with Gasteiger partial charge in [0.25, 0.3) is 5.56 Å². The predicted octanol–water partition coefficient (Wildman–Crippen LogP) is 3.68. The van der Waals surface area contributed by atoms with E-state index >= 15 is 0 Å². The average molecular weight is 395 g/mol. The molecule has 1 aromatic heterocycles. The maximum Gasteiger partial charge on any atom is 0.416 e. The van der Waals surface area contributed by atoms with Crippen LogP contribution in [0.2, 0.25) is 0 Å². The van der Waals surface area contributed by atoms with E-state index < -0.39 is 11.7 Å². The van der Waals surface area contributed by atoms with Gasteiger partial charge < -0.3 is 20.6 Å². The number of aromatic amines is 1. The van der Waals surface area contributed by atoms with E-state index in [9.17, 15) is 18.0 Å². The zero-order valence-corrected chi connectivity index (χ0v) is 16.2. The van der Waals surface area contributed by atoms with E-state index in [1.807, 2.05) is 18.7 Å². The summed E-state index contributed by atoms with van der Waals surface area (Å²) in [4.78, 5) is 21.1. The lowest BCUT2D eigenvalue weighted by atomic mass is 10.1. The lowest BCUT2D eigenvalue weighted by Crippen LogP contribution is -2.34. The number of rotatable bonds is 7. The molecule has 0 spiro atoms. The third-order valence-corrected chi connectivity index (χ3v) is 4.24. The first-order valence-corrected chi connectivity index (χ1v) is 8.86. The van der Waals surface area contributed by atoms with Crippen molar-refractivity contribution >= 4 is 17.2 Å². The van der Waals surface area contributed by atoms with Crippen molar-refractivity contribution in [1.82, 2.24) is 9.97 Å². The molecule has 152 valence electrons. The summed E-state index contributed by atoms with van der Waals surface area (Å²) in [5.74, 6) is 0.849. The minimum atomic E-state index is -4.37.